The Labute approximate surface area is 72.2 Å². The zero-order chi connectivity index (χ0) is 8.23. The molecule has 0 unspecified atom stereocenters. The summed E-state index contributed by atoms with van der Waals surface area (Å²) in [5, 5.41) is 0. The largest absolute Gasteiger partial charge is 0.349 e. The molecule has 0 aromatic rings. The Hall–Kier alpha value is -0.820. The SMILES string of the molecule is C1=C[CH]C(C2OCCCO2)=CC=1. The van der Waals surface area contributed by atoms with Gasteiger partial charge in [0.25, 0.3) is 0 Å². The summed E-state index contributed by atoms with van der Waals surface area (Å²) in [7, 11) is 0. The van der Waals surface area contributed by atoms with E-state index in [9.17, 15) is 0 Å². The van der Waals surface area contributed by atoms with E-state index < -0.39 is 0 Å². The molecule has 1 fully saturated rings. The van der Waals surface area contributed by atoms with Gasteiger partial charge in [0.1, 0.15) is 0 Å². The quantitative estimate of drug-likeness (QED) is 0.547. The normalized spacial score (nSPS) is 24.2. The fourth-order valence-corrected chi connectivity index (χ4v) is 1.24. The zero-order valence-electron chi connectivity index (χ0n) is 6.82. The average Bonchev–Trinajstić information content (AvgIpc) is 2.21. The van der Waals surface area contributed by atoms with Crippen molar-refractivity contribution in [1.82, 2.24) is 0 Å². The first-order chi connectivity index (χ1) is 5.97. The Morgan fingerprint density at radius 3 is 2.75 bits per heavy atom. The smallest absolute Gasteiger partial charge is 0.180 e. The maximum Gasteiger partial charge on any atom is 0.180 e. The second-order valence-corrected chi connectivity index (χ2v) is 2.76. The molecule has 0 amide bonds. The van der Waals surface area contributed by atoms with Crippen LogP contribution in [0.4, 0.5) is 0 Å². The van der Waals surface area contributed by atoms with Gasteiger partial charge in [0.15, 0.2) is 6.29 Å². The molecule has 1 aliphatic carbocycles. The lowest BCUT2D eigenvalue weighted by atomic mass is 10.1. The molecule has 1 radical (unpaired) electrons. The monoisotopic (exact) mass is 163 g/mol. The lowest BCUT2D eigenvalue weighted by Gasteiger charge is -2.25. The third-order valence-electron chi connectivity index (χ3n) is 1.84. The van der Waals surface area contributed by atoms with E-state index in [0.717, 1.165) is 25.2 Å². The van der Waals surface area contributed by atoms with Crippen LogP contribution in [0.2, 0.25) is 0 Å². The first-order valence-electron chi connectivity index (χ1n) is 4.16. The van der Waals surface area contributed by atoms with Crippen molar-refractivity contribution < 1.29 is 9.47 Å². The van der Waals surface area contributed by atoms with Gasteiger partial charge in [-0.3, -0.25) is 0 Å². The van der Waals surface area contributed by atoms with Crippen LogP contribution in [0.15, 0.2) is 29.5 Å². The molecule has 2 rings (SSSR count). The molecule has 63 valence electrons. The minimum atomic E-state index is -0.159. The molecule has 2 nitrogen and oxygen atoms in total. The van der Waals surface area contributed by atoms with Crippen molar-refractivity contribution in [3.8, 4) is 0 Å². The maximum absolute atomic E-state index is 5.43. The van der Waals surface area contributed by atoms with Crippen LogP contribution in [-0.2, 0) is 9.47 Å². The van der Waals surface area contributed by atoms with Crippen LogP contribution in [0, 0.1) is 6.42 Å². The molecule has 2 aliphatic rings. The average molecular weight is 163 g/mol. The Morgan fingerprint density at radius 1 is 1.25 bits per heavy atom. The lowest BCUT2D eigenvalue weighted by molar-refractivity contribution is -0.155. The number of ether oxygens (including phenoxy) is 2. The van der Waals surface area contributed by atoms with Gasteiger partial charge in [-0.2, -0.15) is 0 Å². The molecule has 0 aromatic heterocycles. The molecule has 1 heterocycles. The highest BCUT2D eigenvalue weighted by atomic mass is 16.7. The highest BCUT2D eigenvalue weighted by Crippen LogP contribution is 2.18. The summed E-state index contributed by atoms with van der Waals surface area (Å²) in [5.74, 6) is 0. The predicted octanol–water partition coefficient (Wildman–Crippen LogP) is 1.60. The molecule has 1 aliphatic heterocycles. The molecule has 0 spiro atoms. The molecular weight excluding hydrogens is 152 g/mol. The fourth-order valence-electron chi connectivity index (χ4n) is 1.24. The topological polar surface area (TPSA) is 18.5 Å². The van der Waals surface area contributed by atoms with E-state index in [1.54, 1.807) is 0 Å². The van der Waals surface area contributed by atoms with Crippen molar-refractivity contribution in [3.63, 3.8) is 0 Å². The van der Waals surface area contributed by atoms with Gasteiger partial charge in [-0.05, 0) is 30.2 Å². The second kappa shape index (κ2) is 3.72. The first kappa shape index (κ1) is 7.81. The third kappa shape index (κ3) is 1.67. The zero-order valence-corrected chi connectivity index (χ0v) is 6.82. The Bertz CT molecular complexity index is 241. The third-order valence-corrected chi connectivity index (χ3v) is 1.84. The Kier molecular flexibility index (Phi) is 2.42. The van der Waals surface area contributed by atoms with Crippen LogP contribution in [-0.4, -0.2) is 19.5 Å². The van der Waals surface area contributed by atoms with Crippen LogP contribution in [0.3, 0.4) is 0 Å². The fraction of sp³-hybridized carbons (Fsp3) is 0.400. The molecule has 0 N–H and O–H groups in total. The van der Waals surface area contributed by atoms with E-state index in [-0.39, 0.29) is 6.29 Å². The van der Waals surface area contributed by atoms with Gasteiger partial charge >= 0.3 is 0 Å². The van der Waals surface area contributed by atoms with Gasteiger partial charge in [0, 0.05) is 6.42 Å². The van der Waals surface area contributed by atoms with E-state index in [1.165, 1.54) is 0 Å². The van der Waals surface area contributed by atoms with Crippen molar-refractivity contribution in [1.29, 1.82) is 0 Å². The van der Waals surface area contributed by atoms with E-state index in [1.807, 2.05) is 24.6 Å². The summed E-state index contributed by atoms with van der Waals surface area (Å²) in [6.07, 6.45) is 8.52. The summed E-state index contributed by atoms with van der Waals surface area (Å²) in [6, 6.07) is 0. The highest BCUT2D eigenvalue weighted by Gasteiger charge is 2.18. The van der Waals surface area contributed by atoms with Crippen LogP contribution in [0.1, 0.15) is 6.42 Å². The van der Waals surface area contributed by atoms with E-state index in [2.05, 4.69) is 5.73 Å². The van der Waals surface area contributed by atoms with Crippen molar-refractivity contribution >= 4 is 0 Å². The number of rotatable bonds is 1. The van der Waals surface area contributed by atoms with Gasteiger partial charge in [0.05, 0.1) is 13.2 Å². The molecular formula is C10H11O2. The maximum atomic E-state index is 5.43. The van der Waals surface area contributed by atoms with Crippen molar-refractivity contribution in [2.24, 2.45) is 0 Å². The predicted molar refractivity (Wildman–Crippen MR) is 45.3 cm³/mol. The lowest BCUT2D eigenvalue weighted by Crippen LogP contribution is -2.26. The first-order valence-corrected chi connectivity index (χ1v) is 4.16. The molecule has 2 heteroatoms. The van der Waals surface area contributed by atoms with Crippen LogP contribution in [0.5, 0.6) is 0 Å². The minimum absolute atomic E-state index is 0.159. The van der Waals surface area contributed by atoms with Crippen molar-refractivity contribution in [3.05, 3.63) is 36.0 Å². The highest BCUT2D eigenvalue weighted by molar-refractivity contribution is 5.31. The van der Waals surface area contributed by atoms with Gasteiger partial charge in [0.2, 0.25) is 0 Å². The number of allylic oxidation sites excluding steroid dienone is 2. The van der Waals surface area contributed by atoms with Crippen molar-refractivity contribution in [2.75, 3.05) is 13.2 Å². The summed E-state index contributed by atoms with van der Waals surface area (Å²) < 4.78 is 10.9. The van der Waals surface area contributed by atoms with Crippen molar-refractivity contribution in [2.45, 2.75) is 12.7 Å². The second-order valence-electron chi connectivity index (χ2n) is 2.76. The summed E-state index contributed by atoms with van der Waals surface area (Å²) in [6.45, 7) is 1.59. The van der Waals surface area contributed by atoms with Gasteiger partial charge in [-0.1, -0.05) is 0 Å². The number of hydrogen-bond donors (Lipinski definition) is 0. The van der Waals surface area contributed by atoms with Crippen LogP contribution >= 0.6 is 0 Å². The van der Waals surface area contributed by atoms with Gasteiger partial charge < -0.3 is 9.47 Å². The summed E-state index contributed by atoms with van der Waals surface area (Å²) in [4.78, 5) is 0. The van der Waals surface area contributed by atoms with Crippen LogP contribution in [0.25, 0.3) is 0 Å². The van der Waals surface area contributed by atoms with Gasteiger partial charge in [-0.15, -0.1) is 5.73 Å². The minimum Gasteiger partial charge on any atom is -0.349 e. The molecule has 0 bridgehead atoms. The molecule has 0 atom stereocenters. The van der Waals surface area contributed by atoms with E-state index >= 15 is 0 Å². The van der Waals surface area contributed by atoms with Crippen LogP contribution < -0.4 is 0 Å². The molecule has 0 saturated carbocycles. The standard InChI is InChI=1S/C10H11O2/c1-2-5-9(6-3-1)10-11-7-4-8-12-10/h2-3,5-6,10H,4,7-8H2. The Balaban J connectivity index is 1.99. The Morgan fingerprint density at radius 2 is 2.08 bits per heavy atom. The summed E-state index contributed by atoms with van der Waals surface area (Å²) >= 11 is 0. The summed E-state index contributed by atoms with van der Waals surface area (Å²) in [5.41, 5.74) is 4.04. The van der Waals surface area contributed by atoms with E-state index in [4.69, 9.17) is 9.47 Å². The molecule has 0 aromatic carbocycles. The van der Waals surface area contributed by atoms with Gasteiger partial charge in [-0.25, -0.2) is 0 Å². The number of hydrogen-bond acceptors (Lipinski definition) is 2. The molecule has 1 saturated heterocycles. The van der Waals surface area contributed by atoms with E-state index in [0.29, 0.717) is 0 Å². The molecule has 12 heavy (non-hydrogen) atoms.